The smallest absolute Gasteiger partial charge is 0.256 e. The van der Waals surface area contributed by atoms with Gasteiger partial charge in [-0.15, -0.1) is 0 Å². The Balaban J connectivity index is 1.84. The summed E-state index contributed by atoms with van der Waals surface area (Å²) in [5.74, 6) is 0.686. The van der Waals surface area contributed by atoms with E-state index in [9.17, 15) is 4.79 Å². The molecule has 0 heterocycles. The van der Waals surface area contributed by atoms with Gasteiger partial charge in [0.25, 0.3) is 5.91 Å². The first kappa shape index (κ1) is 23.7. The number of carbonyl (C=O) groups is 1. The first-order chi connectivity index (χ1) is 15.2. The third-order valence-corrected chi connectivity index (χ3v) is 5.79. The van der Waals surface area contributed by atoms with Crippen LogP contribution in [0, 0.1) is 0 Å². The van der Waals surface area contributed by atoms with Gasteiger partial charge in [0, 0.05) is 23.8 Å². The van der Waals surface area contributed by atoms with E-state index in [2.05, 4.69) is 45.0 Å². The number of halogens is 1. The van der Waals surface area contributed by atoms with Crippen LogP contribution in [0.25, 0.3) is 0 Å². The summed E-state index contributed by atoms with van der Waals surface area (Å²) in [5.41, 5.74) is 10.5. The van der Waals surface area contributed by atoms with Gasteiger partial charge in [0.1, 0.15) is 5.75 Å². The number of amides is 1. The zero-order valence-corrected chi connectivity index (χ0v) is 19.9. The van der Waals surface area contributed by atoms with Crippen molar-refractivity contribution in [1.82, 2.24) is 4.90 Å². The molecule has 0 radical (unpaired) electrons. The summed E-state index contributed by atoms with van der Waals surface area (Å²) in [7, 11) is 1.65. The molecule has 0 bridgehead atoms. The number of nitrogens with zero attached hydrogens (tertiary/aromatic N) is 1. The van der Waals surface area contributed by atoms with E-state index in [1.165, 1.54) is 5.56 Å². The number of ether oxygens (including phenoxy) is 1. The number of benzene rings is 3. The number of rotatable bonds is 7. The van der Waals surface area contributed by atoms with Crippen LogP contribution in [0.3, 0.4) is 0 Å². The van der Waals surface area contributed by atoms with E-state index in [0.717, 1.165) is 23.3 Å². The average molecular weight is 451 g/mol. The zero-order chi connectivity index (χ0) is 23.3. The topological polar surface area (TPSA) is 55.6 Å². The van der Waals surface area contributed by atoms with Crippen molar-refractivity contribution >= 4 is 23.2 Å². The number of carbonyl (C=O) groups excluding carboxylic acids is 1. The third kappa shape index (κ3) is 6.04. The Morgan fingerprint density at radius 2 is 1.59 bits per heavy atom. The summed E-state index contributed by atoms with van der Waals surface area (Å²) in [6.07, 6.45) is 0.719. The van der Waals surface area contributed by atoms with Crippen molar-refractivity contribution in [2.75, 3.05) is 19.4 Å². The molecule has 0 saturated heterocycles. The molecule has 0 fully saturated rings. The fraction of sp³-hybridized carbons (Fsp3) is 0.296. The summed E-state index contributed by atoms with van der Waals surface area (Å²) in [6, 6.07) is 21.4. The quantitative estimate of drug-likeness (QED) is 0.441. The molecule has 168 valence electrons. The van der Waals surface area contributed by atoms with E-state index >= 15 is 0 Å². The second-order valence-corrected chi connectivity index (χ2v) is 9.44. The normalized spacial score (nSPS) is 11.3. The highest BCUT2D eigenvalue weighted by atomic mass is 35.5. The van der Waals surface area contributed by atoms with Crippen molar-refractivity contribution in [1.29, 1.82) is 0 Å². The van der Waals surface area contributed by atoms with E-state index in [0.29, 0.717) is 29.4 Å². The Hall–Kier alpha value is -2.98. The second-order valence-electron chi connectivity index (χ2n) is 9.00. The fourth-order valence-corrected chi connectivity index (χ4v) is 3.70. The van der Waals surface area contributed by atoms with Crippen molar-refractivity contribution in [3.63, 3.8) is 0 Å². The number of methoxy groups -OCH3 is 1. The molecular weight excluding hydrogens is 420 g/mol. The number of hydrogen-bond donors (Lipinski definition) is 1. The number of nitrogens with two attached hydrogens (primary N) is 1. The Morgan fingerprint density at radius 3 is 2.19 bits per heavy atom. The maximum absolute atomic E-state index is 13.4. The average Bonchev–Trinajstić information content (AvgIpc) is 2.78. The van der Waals surface area contributed by atoms with Crippen LogP contribution in [-0.2, 0) is 18.4 Å². The van der Waals surface area contributed by atoms with Crippen LogP contribution in [0.4, 0.5) is 5.69 Å². The highest BCUT2D eigenvalue weighted by Crippen LogP contribution is 2.24. The molecule has 1 amide bonds. The monoisotopic (exact) mass is 450 g/mol. The van der Waals surface area contributed by atoms with Crippen LogP contribution in [0.15, 0.2) is 66.7 Å². The highest BCUT2D eigenvalue weighted by Gasteiger charge is 2.20. The van der Waals surface area contributed by atoms with Crippen LogP contribution < -0.4 is 10.5 Å². The predicted octanol–water partition coefficient (Wildman–Crippen LogP) is 6.11. The number of hydrogen-bond acceptors (Lipinski definition) is 3. The largest absolute Gasteiger partial charge is 0.497 e. The van der Waals surface area contributed by atoms with Crippen LogP contribution in [0.2, 0.25) is 5.02 Å². The molecule has 0 atom stereocenters. The number of nitrogen functional groups attached to an aromatic ring is 1. The van der Waals surface area contributed by atoms with Crippen molar-refractivity contribution in [2.24, 2.45) is 0 Å². The maximum Gasteiger partial charge on any atom is 0.256 e. The van der Waals surface area contributed by atoms with Gasteiger partial charge >= 0.3 is 0 Å². The Bertz CT molecular complexity index is 1050. The van der Waals surface area contributed by atoms with Gasteiger partial charge in [-0.1, -0.05) is 68.8 Å². The van der Waals surface area contributed by atoms with Gasteiger partial charge in [-0.25, -0.2) is 0 Å². The molecule has 2 N–H and O–H groups in total. The highest BCUT2D eigenvalue weighted by molar-refractivity contribution is 6.31. The van der Waals surface area contributed by atoms with E-state index in [-0.39, 0.29) is 11.3 Å². The summed E-state index contributed by atoms with van der Waals surface area (Å²) in [5, 5.41) is 0.493. The first-order valence-corrected chi connectivity index (χ1v) is 11.1. The van der Waals surface area contributed by atoms with Crippen LogP contribution in [0.5, 0.6) is 5.75 Å². The summed E-state index contributed by atoms with van der Waals surface area (Å²) in [4.78, 5) is 15.3. The van der Waals surface area contributed by atoms with Crippen LogP contribution in [0.1, 0.15) is 47.8 Å². The minimum absolute atomic E-state index is 0.0810. The van der Waals surface area contributed by atoms with E-state index in [4.69, 9.17) is 22.1 Å². The molecule has 0 aromatic heterocycles. The lowest BCUT2D eigenvalue weighted by Gasteiger charge is -2.25. The van der Waals surface area contributed by atoms with E-state index < -0.39 is 0 Å². The van der Waals surface area contributed by atoms with Crippen molar-refractivity contribution in [3.8, 4) is 5.75 Å². The molecule has 32 heavy (non-hydrogen) atoms. The second kappa shape index (κ2) is 10.1. The lowest BCUT2D eigenvalue weighted by Crippen LogP contribution is -2.33. The summed E-state index contributed by atoms with van der Waals surface area (Å²) in [6.45, 7) is 7.61. The van der Waals surface area contributed by atoms with Crippen molar-refractivity contribution < 1.29 is 9.53 Å². The molecule has 0 saturated carbocycles. The molecule has 4 nitrogen and oxygen atoms in total. The molecule has 3 aromatic carbocycles. The zero-order valence-electron chi connectivity index (χ0n) is 19.2. The Morgan fingerprint density at radius 1 is 0.969 bits per heavy atom. The Kier molecular flexibility index (Phi) is 7.47. The molecule has 3 rings (SSSR count). The van der Waals surface area contributed by atoms with Gasteiger partial charge in [0.15, 0.2) is 0 Å². The SMILES string of the molecule is COc1ccc(CCN(Cc2ccc(C(C)(C)C)cc2)C(=O)c2cc(Cl)ccc2N)cc1. The molecule has 0 aliphatic heterocycles. The summed E-state index contributed by atoms with van der Waals surface area (Å²) >= 11 is 6.15. The van der Waals surface area contributed by atoms with Gasteiger partial charge in [-0.05, 0) is 58.9 Å². The molecule has 0 unspecified atom stereocenters. The van der Waals surface area contributed by atoms with Crippen LogP contribution >= 0.6 is 11.6 Å². The first-order valence-electron chi connectivity index (χ1n) is 10.7. The van der Waals surface area contributed by atoms with Gasteiger partial charge < -0.3 is 15.4 Å². The molecule has 0 aliphatic rings. The summed E-state index contributed by atoms with van der Waals surface area (Å²) < 4.78 is 5.24. The molecule has 0 spiro atoms. The standard InChI is InChI=1S/C27H31ClN2O2/c1-27(2,3)21-9-5-20(6-10-21)18-30(16-15-19-7-12-23(32-4)13-8-19)26(31)24-17-22(28)11-14-25(24)29/h5-14,17H,15-16,18,29H2,1-4H3. The van der Waals surface area contributed by atoms with Gasteiger partial charge in [-0.3, -0.25) is 4.79 Å². The minimum atomic E-state index is -0.126. The molecule has 0 aliphatic carbocycles. The van der Waals surface area contributed by atoms with Gasteiger partial charge in [0.05, 0.1) is 12.7 Å². The molecule has 5 heteroatoms. The fourth-order valence-electron chi connectivity index (χ4n) is 3.52. The minimum Gasteiger partial charge on any atom is -0.497 e. The van der Waals surface area contributed by atoms with Gasteiger partial charge in [-0.2, -0.15) is 0 Å². The van der Waals surface area contributed by atoms with E-state index in [1.807, 2.05) is 29.2 Å². The Labute approximate surface area is 196 Å². The van der Waals surface area contributed by atoms with Gasteiger partial charge in [0.2, 0.25) is 0 Å². The van der Waals surface area contributed by atoms with Crippen molar-refractivity contribution in [3.05, 3.63) is 94.0 Å². The molecular formula is C27H31ClN2O2. The lowest BCUT2D eigenvalue weighted by atomic mass is 9.87. The van der Waals surface area contributed by atoms with E-state index in [1.54, 1.807) is 25.3 Å². The predicted molar refractivity (Wildman–Crippen MR) is 132 cm³/mol. The third-order valence-electron chi connectivity index (χ3n) is 5.56. The maximum atomic E-state index is 13.4. The van der Waals surface area contributed by atoms with Crippen molar-refractivity contribution in [2.45, 2.75) is 39.2 Å². The molecule has 3 aromatic rings. The lowest BCUT2D eigenvalue weighted by molar-refractivity contribution is 0.0746. The number of anilines is 1. The van der Waals surface area contributed by atoms with Crippen LogP contribution in [-0.4, -0.2) is 24.5 Å².